The number of rotatable bonds is 4. The molecule has 7 heteroatoms. The molecule has 100 valence electrons. The molecule has 0 unspecified atom stereocenters. The van der Waals surface area contributed by atoms with Gasteiger partial charge in [0.1, 0.15) is 12.1 Å². The van der Waals surface area contributed by atoms with Crippen molar-refractivity contribution in [2.45, 2.75) is 6.92 Å². The van der Waals surface area contributed by atoms with Crippen LogP contribution in [-0.2, 0) is 4.74 Å². The highest BCUT2D eigenvalue weighted by atomic mass is 19.1. The van der Waals surface area contributed by atoms with Crippen LogP contribution in [-0.4, -0.2) is 17.6 Å². The number of aromatic nitrogens is 1. The van der Waals surface area contributed by atoms with Crippen LogP contribution in [0.25, 0.3) is 0 Å². The monoisotopic (exact) mass is 266 g/mol. The van der Waals surface area contributed by atoms with Crippen molar-refractivity contribution < 1.29 is 23.1 Å². The molecule has 1 aromatic carbocycles. The molecular weight excluding hydrogens is 255 g/mol. The van der Waals surface area contributed by atoms with E-state index in [1.165, 1.54) is 12.1 Å². The minimum Gasteiger partial charge on any atom is -0.461 e. The third kappa shape index (κ3) is 3.01. The van der Waals surface area contributed by atoms with Crippen LogP contribution in [0, 0.1) is 5.82 Å². The zero-order valence-corrected chi connectivity index (χ0v) is 10.1. The van der Waals surface area contributed by atoms with E-state index in [1.807, 2.05) is 0 Å². The largest absolute Gasteiger partial charge is 0.461 e. The number of halogens is 1. The molecule has 0 bridgehead atoms. The summed E-state index contributed by atoms with van der Waals surface area (Å²) in [6.45, 7) is 1.89. The minimum atomic E-state index is -0.631. The molecule has 6 nitrogen and oxygen atoms in total. The maximum Gasteiger partial charge on any atom is 0.399 e. The van der Waals surface area contributed by atoms with Crippen molar-refractivity contribution >= 4 is 11.7 Å². The van der Waals surface area contributed by atoms with Gasteiger partial charge in [0.25, 0.3) is 0 Å². The van der Waals surface area contributed by atoms with E-state index in [1.54, 1.807) is 6.92 Å². The van der Waals surface area contributed by atoms with Crippen LogP contribution in [0.2, 0.25) is 0 Å². The number of oxazole rings is 1. The Labute approximate surface area is 107 Å². The van der Waals surface area contributed by atoms with Gasteiger partial charge < -0.3 is 19.6 Å². The van der Waals surface area contributed by atoms with Gasteiger partial charge in [0, 0.05) is 6.07 Å². The Hall–Kier alpha value is -2.57. The number of anilines is 1. The predicted molar refractivity (Wildman–Crippen MR) is 63.3 cm³/mol. The Morgan fingerprint density at radius 3 is 3.05 bits per heavy atom. The first-order valence-corrected chi connectivity index (χ1v) is 5.45. The summed E-state index contributed by atoms with van der Waals surface area (Å²) in [6, 6.07) is 3.63. The topological polar surface area (TPSA) is 87.6 Å². The van der Waals surface area contributed by atoms with Crippen LogP contribution in [0.15, 0.2) is 28.9 Å². The lowest BCUT2D eigenvalue weighted by atomic mass is 10.3. The number of benzene rings is 1. The fourth-order valence-electron chi connectivity index (χ4n) is 1.29. The van der Waals surface area contributed by atoms with Crippen molar-refractivity contribution in [2.75, 3.05) is 12.3 Å². The van der Waals surface area contributed by atoms with Gasteiger partial charge in [0.2, 0.25) is 0 Å². The highest BCUT2D eigenvalue weighted by Gasteiger charge is 2.15. The number of nitrogen functional groups attached to an aromatic ring is 1. The molecule has 1 aromatic heterocycles. The molecule has 1 heterocycles. The van der Waals surface area contributed by atoms with E-state index >= 15 is 0 Å². The lowest BCUT2D eigenvalue weighted by Gasteiger charge is -2.03. The van der Waals surface area contributed by atoms with Gasteiger partial charge in [-0.05, 0) is 19.1 Å². The van der Waals surface area contributed by atoms with Gasteiger partial charge in [-0.25, -0.2) is 9.18 Å². The van der Waals surface area contributed by atoms with Gasteiger partial charge in [-0.1, -0.05) is 0 Å². The van der Waals surface area contributed by atoms with Gasteiger partial charge in [0.15, 0.2) is 11.4 Å². The standard InChI is InChI=1S/C12H11FN2O4/c1-2-17-11(16)9-6-18-12(15-9)19-10-5-7(13)3-4-8(10)14/h3-6H,2,14H2,1H3. The molecule has 0 spiro atoms. The van der Waals surface area contributed by atoms with E-state index in [4.69, 9.17) is 19.6 Å². The smallest absolute Gasteiger partial charge is 0.399 e. The second kappa shape index (κ2) is 5.38. The zero-order valence-electron chi connectivity index (χ0n) is 10.1. The molecule has 0 atom stereocenters. The molecule has 0 aliphatic heterocycles. The van der Waals surface area contributed by atoms with Gasteiger partial charge >= 0.3 is 12.0 Å². The van der Waals surface area contributed by atoms with Crippen molar-refractivity contribution in [3.05, 3.63) is 36.0 Å². The second-order valence-electron chi connectivity index (χ2n) is 3.50. The van der Waals surface area contributed by atoms with E-state index in [0.717, 1.165) is 12.3 Å². The first-order chi connectivity index (χ1) is 9.10. The number of hydrogen-bond donors (Lipinski definition) is 1. The Morgan fingerprint density at radius 2 is 2.32 bits per heavy atom. The van der Waals surface area contributed by atoms with Gasteiger partial charge in [0.05, 0.1) is 12.3 Å². The molecule has 0 aliphatic rings. The SMILES string of the molecule is CCOC(=O)c1coc(Oc2cc(F)ccc2N)n1. The molecule has 19 heavy (non-hydrogen) atoms. The summed E-state index contributed by atoms with van der Waals surface area (Å²) in [4.78, 5) is 15.1. The van der Waals surface area contributed by atoms with Gasteiger partial charge in [-0.3, -0.25) is 0 Å². The Balaban J connectivity index is 2.15. The van der Waals surface area contributed by atoms with Crippen LogP contribution < -0.4 is 10.5 Å². The number of carbonyl (C=O) groups excluding carboxylic acids is 1. The van der Waals surface area contributed by atoms with Crippen LogP contribution >= 0.6 is 0 Å². The minimum absolute atomic E-state index is 0.0353. The van der Waals surface area contributed by atoms with Crippen molar-refractivity contribution in [1.29, 1.82) is 0 Å². The maximum absolute atomic E-state index is 13.0. The fourth-order valence-corrected chi connectivity index (χ4v) is 1.29. The molecule has 2 rings (SSSR count). The van der Waals surface area contributed by atoms with E-state index in [0.29, 0.717) is 0 Å². The summed E-state index contributed by atoms with van der Waals surface area (Å²) in [5.41, 5.74) is 5.78. The molecule has 2 N–H and O–H groups in total. The van der Waals surface area contributed by atoms with E-state index in [-0.39, 0.29) is 29.8 Å². The molecule has 0 aliphatic carbocycles. The van der Waals surface area contributed by atoms with Gasteiger partial charge in [-0.2, -0.15) is 4.98 Å². The number of nitrogens with zero attached hydrogens (tertiary/aromatic N) is 1. The molecule has 0 fully saturated rings. The molecule has 2 aromatic rings. The summed E-state index contributed by atoms with van der Waals surface area (Å²) in [5, 5.41) is 0. The Morgan fingerprint density at radius 1 is 1.53 bits per heavy atom. The van der Waals surface area contributed by atoms with Crippen LogP contribution in [0.1, 0.15) is 17.4 Å². The summed E-state index contributed by atoms with van der Waals surface area (Å²) in [5.74, 6) is -1.09. The number of hydrogen-bond acceptors (Lipinski definition) is 6. The molecule has 0 amide bonds. The number of nitrogens with two attached hydrogens (primary N) is 1. The Kier molecular flexibility index (Phi) is 3.65. The van der Waals surface area contributed by atoms with E-state index < -0.39 is 11.8 Å². The molecule has 0 radical (unpaired) electrons. The zero-order chi connectivity index (χ0) is 13.8. The quantitative estimate of drug-likeness (QED) is 0.675. The van der Waals surface area contributed by atoms with Crippen LogP contribution in [0.5, 0.6) is 11.8 Å². The molecular formula is C12H11FN2O4. The highest BCUT2D eigenvalue weighted by molar-refractivity contribution is 5.86. The maximum atomic E-state index is 13.0. The van der Waals surface area contributed by atoms with E-state index in [9.17, 15) is 9.18 Å². The average Bonchev–Trinajstić information content (AvgIpc) is 2.83. The highest BCUT2D eigenvalue weighted by Crippen LogP contribution is 2.27. The van der Waals surface area contributed by atoms with Crippen molar-refractivity contribution in [3.8, 4) is 11.8 Å². The normalized spacial score (nSPS) is 10.2. The first kappa shape index (κ1) is 12.9. The number of ether oxygens (including phenoxy) is 2. The third-order valence-corrected chi connectivity index (χ3v) is 2.14. The summed E-state index contributed by atoms with van der Waals surface area (Å²) >= 11 is 0. The molecule has 0 saturated heterocycles. The van der Waals surface area contributed by atoms with Crippen molar-refractivity contribution in [2.24, 2.45) is 0 Å². The van der Waals surface area contributed by atoms with Crippen LogP contribution in [0.4, 0.5) is 10.1 Å². The lowest BCUT2D eigenvalue weighted by molar-refractivity contribution is 0.0519. The van der Waals surface area contributed by atoms with E-state index in [2.05, 4.69) is 4.98 Å². The van der Waals surface area contributed by atoms with Crippen molar-refractivity contribution in [1.82, 2.24) is 4.98 Å². The molecule has 0 saturated carbocycles. The fraction of sp³-hybridized carbons (Fsp3) is 0.167. The predicted octanol–water partition coefficient (Wildman–Crippen LogP) is 2.36. The summed E-state index contributed by atoms with van der Waals surface area (Å²) < 4.78 is 27.8. The lowest BCUT2D eigenvalue weighted by Crippen LogP contribution is -2.04. The number of carbonyl (C=O) groups is 1. The Bertz CT molecular complexity index is 597. The first-order valence-electron chi connectivity index (χ1n) is 5.45. The summed E-state index contributed by atoms with van der Waals surface area (Å²) in [6.07, 6.45) is 0.864. The van der Waals surface area contributed by atoms with Gasteiger partial charge in [-0.15, -0.1) is 0 Å². The third-order valence-electron chi connectivity index (χ3n) is 2.14. The number of esters is 1. The second-order valence-corrected chi connectivity index (χ2v) is 3.50. The summed E-state index contributed by atoms with van der Waals surface area (Å²) in [7, 11) is 0. The van der Waals surface area contributed by atoms with Crippen molar-refractivity contribution in [3.63, 3.8) is 0 Å². The van der Waals surface area contributed by atoms with Crippen LogP contribution in [0.3, 0.4) is 0 Å². The average molecular weight is 266 g/mol.